The van der Waals surface area contributed by atoms with Crippen LogP contribution in [-0.4, -0.2) is 22.3 Å². The molecule has 0 radical (unpaired) electrons. The van der Waals surface area contributed by atoms with E-state index >= 15 is 0 Å². The fourth-order valence-electron chi connectivity index (χ4n) is 4.73. The van der Waals surface area contributed by atoms with Gasteiger partial charge in [-0.2, -0.15) is 0 Å². The Kier molecular flexibility index (Phi) is 5.32. The molecule has 5 aromatic rings. The predicted octanol–water partition coefficient (Wildman–Crippen LogP) is 5.04. The highest BCUT2D eigenvalue weighted by Gasteiger charge is 2.29. The second-order valence-corrected chi connectivity index (χ2v) is 9.17. The van der Waals surface area contributed by atoms with Crippen molar-refractivity contribution in [2.24, 2.45) is 0 Å². The second kappa shape index (κ2) is 8.67. The standard InChI is InChI=1S/C17H11NO.C14H7ClO2/c19-13-7-5-12-9-15-14-4-2-1-3-11(14)6-8-16(15)18-17(12)10-13;15-8-5-6-11-12(7-8)14(17)10-4-2-1-3-9(10)13(11)16/h1-6,8-10H,7H2;1-7H. The Labute approximate surface area is 211 Å². The van der Waals surface area contributed by atoms with Gasteiger partial charge in [-0.1, -0.05) is 72.3 Å². The number of nitrogens with zero attached hydrogens (tertiary/aromatic N) is 1. The third-order valence-electron chi connectivity index (χ3n) is 6.49. The van der Waals surface area contributed by atoms with E-state index in [2.05, 4.69) is 29.2 Å². The Morgan fingerprint density at radius 1 is 0.667 bits per heavy atom. The second-order valence-electron chi connectivity index (χ2n) is 8.73. The summed E-state index contributed by atoms with van der Waals surface area (Å²) in [6, 6.07) is 26.2. The Hall–Kier alpha value is -4.41. The first kappa shape index (κ1) is 22.1. The van der Waals surface area contributed by atoms with Crippen molar-refractivity contribution in [3.63, 3.8) is 0 Å². The molecular formula is C31H18ClNO3. The number of benzene rings is 4. The fraction of sp³-hybridized carbons (Fsp3) is 0.0323. The van der Waals surface area contributed by atoms with Gasteiger partial charge in [0.25, 0.3) is 0 Å². The first-order chi connectivity index (χ1) is 17.5. The average molecular weight is 488 g/mol. The minimum absolute atomic E-state index is 0.119. The van der Waals surface area contributed by atoms with E-state index in [1.165, 1.54) is 10.8 Å². The molecule has 5 heteroatoms. The first-order valence-electron chi connectivity index (χ1n) is 11.5. The van der Waals surface area contributed by atoms with Gasteiger partial charge in [-0.25, -0.2) is 4.98 Å². The number of hydrogen-bond acceptors (Lipinski definition) is 4. The van der Waals surface area contributed by atoms with E-state index in [0.717, 1.165) is 21.5 Å². The van der Waals surface area contributed by atoms with Crippen molar-refractivity contribution in [2.75, 3.05) is 0 Å². The summed E-state index contributed by atoms with van der Waals surface area (Å²) in [6.45, 7) is 0. The number of fused-ring (bicyclic) bond motifs is 6. The van der Waals surface area contributed by atoms with Crippen LogP contribution in [0, 0.1) is 0 Å². The summed E-state index contributed by atoms with van der Waals surface area (Å²) in [5.74, 6) is -0.135. The highest BCUT2D eigenvalue weighted by Crippen LogP contribution is 2.29. The van der Waals surface area contributed by atoms with E-state index in [4.69, 9.17) is 11.6 Å². The van der Waals surface area contributed by atoms with Gasteiger partial charge in [-0.3, -0.25) is 14.4 Å². The molecule has 0 fully saturated rings. The number of hydrogen-bond donors (Lipinski definition) is 0. The molecule has 4 nitrogen and oxygen atoms in total. The lowest BCUT2D eigenvalue weighted by Crippen LogP contribution is -2.32. The number of Topliss-reactive ketones (excluding diaryl/α,β-unsaturated/α-hetero) is 1. The van der Waals surface area contributed by atoms with Crippen LogP contribution < -0.4 is 10.6 Å². The van der Waals surface area contributed by atoms with Gasteiger partial charge in [-0.05, 0) is 46.3 Å². The van der Waals surface area contributed by atoms with Crippen molar-refractivity contribution < 1.29 is 14.4 Å². The summed E-state index contributed by atoms with van der Waals surface area (Å²) in [4.78, 5) is 40.4. The summed E-state index contributed by atoms with van der Waals surface area (Å²) in [5, 5.41) is 5.89. The van der Waals surface area contributed by atoms with Crippen molar-refractivity contribution in [3.05, 3.63) is 123 Å². The van der Waals surface area contributed by atoms with Crippen LogP contribution in [0.25, 0.3) is 33.8 Å². The highest BCUT2D eigenvalue weighted by molar-refractivity contribution is 6.33. The topological polar surface area (TPSA) is 64.1 Å². The summed E-state index contributed by atoms with van der Waals surface area (Å²) < 4.78 is 0. The molecule has 0 aliphatic heterocycles. The van der Waals surface area contributed by atoms with Gasteiger partial charge < -0.3 is 0 Å². The molecule has 2 aliphatic rings. The van der Waals surface area contributed by atoms with Crippen LogP contribution in [0.3, 0.4) is 0 Å². The quantitative estimate of drug-likeness (QED) is 0.282. The van der Waals surface area contributed by atoms with Gasteiger partial charge >= 0.3 is 0 Å². The molecule has 2 aliphatic carbocycles. The lowest BCUT2D eigenvalue weighted by Gasteiger charge is -2.16. The van der Waals surface area contributed by atoms with Crippen LogP contribution in [0.15, 0.2) is 84.9 Å². The molecule has 0 saturated carbocycles. The number of rotatable bonds is 0. The van der Waals surface area contributed by atoms with E-state index in [1.807, 2.05) is 24.3 Å². The Morgan fingerprint density at radius 2 is 1.36 bits per heavy atom. The molecule has 0 saturated heterocycles. The number of pyridine rings is 1. The third-order valence-corrected chi connectivity index (χ3v) is 6.73. The van der Waals surface area contributed by atoms with E-state index in [1.54, 1.807) is 48.5 Å². The molecule has 0 bridgehead atoms. The zero-order chi connectivity index (χ0) is 24.8. The largest absolute Gasteiger partial charge is 0.294 e. The first-order valence-corrected chi connectivity index (χ1v) is 11.9. The smallest absolute Gasteiger partial charge is 0.194 e. The maximum absolute atomic E-state index is 12.2. The van der Waals surface area contributed by atoms with Crippen molar-refractivity contribution in [2.45, 2.75) is 6.42 Å². The molecular weight excluding hydrogens is 470 g/mol. The Balaban J connectivity index is 0.000000134. The maximum Gasteiger partial charge on any atom is 0.194 e. The van der Waals surface area contributed by atoms with Crippen molar-refractivity contribution in [1.29, 1.82) is 0 Å². The molecule has 4 aromatic carbocycles. The molecule has 0 unspecified atom stereocenters. The monoisotopic (exact) mass is 487 g/mol. The van der Waals surface area contributed by atoms with Crippen LogP contribution in [0.5, 0.6) is 0 Å². The minimum atomic E-state index is -0.141. The molecule has 0 N–H and O–H groups in total. The number of carbonyl (C=O) groups excluding carboxylic acids is 3. The van der Waals surface area contributed by atoms with E-state index in [0.29, 0.717) is 33.7 Å². The van der Waals surface area contributed by atoms with Crippen LogP contribution in [-0.2, 0) is 4.79 Å². The number of carbonyl (C=O) groups is 3. The molecule has 0 spiro atoms. The van der Waals surface area contributed by atoms with Crippen LogP contribution >= 0.6 is 11.6 Å². The number of ketones is 3. The van der Waals surface area contributed by atoms with Crippen molar-refractivity contribution in [3.8, 4) is 0 Å². The van der Waals surface area contributed by atoms with Gasteiger partial charge in [0, 0.05) is 45.2 Å². The van der Waals surface area contributed by atoms with E-state index in [9.17, 15) is 14.4 Å². The van der Waals surface area contributed by atoms with Crippen LogP contribution in [0.1, 0.15) is 38.3 Å². The van der Waals surface area contributed by atoms with Gasteiger partial charge in [0.05, 0.1) is 10.9 Å². The molecule has 172 valence electrons. The maximum atomic E-state index is 12.2. The van der Waals surface area contributed by atoms with E-state index in [-0.39, 0.29) is 17.3 Å². The molecule has 1 heterocycles. The van der Waals surface area contributed by atoms with Crippen LogP contribution in [0.4, 0.5) is 0 Å². The van der Waals surface area contributed by atoms with Gasteiger partial charge in [0.2, 0.25) is 0 Å². The third kappa shape index (κ3) is 3.72. The molecule has 36 heavy (non-hydrogen) atoms. The van der Waals surface area contributed by atoms with E-state index < -0.39 is 0 Å². The van der Waals surface area contributed by atoms with Crippen LogP contribution in [0.2, 0.25) is 5.02 Å². The predicted molar refractivity (Wildman–Crippen MR) is 142 cm³/mol. The zero-order valence-electron chi connectivity index (χ0n) is 19.0. The lowest BCUT2D eigenvalue weighted by atomic mass is 9.84. The summed E-state index contributed by atoms with van der Waals surface area (Å²) in [5.41, 5.74) is 2.68. The van der Waals surface area contributed by atoms with Gasteiger partial charge in [-0.15, -0.1) is 0 Å². The molecule has 0 amide bonds. The normalized spacial score (nSPS) is 13.6. The summed E-state index contributed by atoms with van der Waals surface area (Å²) in [6.07, 6.45) is 4.08. The Bertz CT molecular complexity index is 1890. The minimum Gasteiger partial charge on any atom is -0.294 e. The summed E-state index contributed by atoms with van der Waals surface area (Å²) >= 11 is 5.85. The Morgan fingerprint density at radius 3 is 2.17 bits per heavy atom. The van der Waals surface area contributed by atoms with Gasteiger partial charge in [0.15, 0.2) is 17.3 Å². The molecule has 0 atom stereocenters. The van der Waals surface area contributed by atoms with Crippen molar-refractivity contribution in [1.82, 2.24) is 4.98 Å². The highest BCUT2D eigenvalue weighted by atomic mass is 35.5. The lowest BCUT2D eigenvalue weighted by molar-refractivity contribution is -0.112. The average Bonchev–Trinajstić information content (AvgIpc) is 2.91. The fourth-order valence-corrected chi connectivity index (χ4v) is 4.90. The zero-order valence-corrected chi connectivity index (χ0v) is 19.8. The number of aromatic nitrogens is 1. The van der Waals surface area contributed by atoms with Crippen molar-refractivity contribution >= 4 is 62.8 Å². The molecule has 7 rings (SSSR count). The SMILES string of the molecule is O=C1C=c2nc3ccc4ccccc4c3cc2=CC1.O=C1c2ccccc2C(=O)c2cc(Cl)ccc21. The number of halogens is 1. The van der Waals surface area contributed by atoms with Gasteiger partial charge in [0.1, 0.15) is 0 Å². The molecule has 1 aromatic heterocycles. The summed E-state index contributed by atoms with van der Waals surface area (Å²) in [7, 11) is 0.